The molecule has 0 spiro atoms. The van der Waals surface area contributed by atoms with Crippen LogP contribution >= 0.6 is 0 Å². The number of esters is 3. The number of carbonyl (C=O) groups is 3. The van der Waals surface area contributed by atoms with Crippen LogP contribution in [0.5, 0.6) is 0 Å². The molecule has 0 aromatic carbocycles. The minimum atomic E-state index is -0.788. The van der Waals surface area contributed by atoms with Crippen molar-refractivity contribution >= 4 is 17.9 Å². The van der Waals surface area contributed by atoms with E-state index in [0.29, 0.717) is 19.3 Å². The normalized spacial score (nSPS) is 12.7. The summed E-state index contributed by atoms with van der Waals surface area (Å²) in [6.45, 7) is 6.43. The van der Waals surface area contributed by atoms with Gasteiger partial charge in [-0.25, -0.2) is 0 Å². The molecule has 338 valence electrons. The Labute approximate surface area is 363 Å². The van der Waals surface area contributed by atoms with Crippen LogP contribution in [0.3, 0.4) is 0 Å². The molecule has 0 aliphatic carbocycles. The third-order valence-corrected chi connectivity index (χ3v) is 10.4. The Morgan fingerprint density at radius 2 is 0.661 bits per heavy atom. The van der Waals surface area contributed by atoms with Gasteiger partial charge in [-0.3, -0.25) is 14.4 Å². The van der Waals surface area contributed by atoms with Gasteiger partial charge in [-0.15, -0.1) is 0 Å². The standard InChI is InChI=1S/C53H90O6/c1-4-7-10-13-16-19-21-23-25-26-28-29-31-34-37-40-43-46-52(55)58-49-50(48-57-51(54)45-42-39-36-33-18-15-12-9-6-3)59-53(56)47-44-41-38-35-32-30-27-24-22-20-17-14-11-8-5-2/h7,10,13,16,19,21,23,25-26,28-29,31,50H,4-6,8-9,11-12,14-15,17-18,20,22,24,27,30,32-49H2,1-3H3/b10-7-,16-13-,21-19-,25-23-,28-26+,31-29-. The molecule has 0 fully saturated rings. The van der Waals surface area contributed by atoms with Crippen LogP contribution in [0.4, 0.5) is 0 Å². The van der Waals surface area contributed by atoms with Crippen LogP contribution < -0.4 is 0 Å². The van der Waals surface area contributed by atoms with Crippen LogP contribution in [0, 0.1) is 0 Å². The first-order valence-electron chi connectivity index (χ1n) is 24.5. The molecule has 0 amide bonds. The summed E-state index contributed by atoms with van der Waals surface area (Å²) >= 11 is 0. The molecule has 0 saturated carbocycles. The molecule has 0 heterocycles. The molecule has 0 aromatic rings. The Hall–Kier alpha value is -3.15. The summed E-state index contributed by atoms with van der Waals surface area (Å²) in [5.41, 5.74) is 0. The van der Waals surface area contributed by atoms with Gasteiger partial charge in [0.2, 0.25) is 0 Å². The van der Waals surface area contributed by atoms with Crippen LogP contribution in [-0.4, -0.2) is 37.2 Å². The highest BCUT2D eigenvalue weighted by molar-refractivity contribution is 5.71. The van der Waals surface area contributed by atoms with Gasteiger partial charge >= 0.3 is 17.9 Å². The predicted octanol–water partition coefficient (Wildman–Crippen LogP) is 15.9. The van der Waals surface area contributed by atoms with Gasteiger partial charge in [-0.2, -0.15) is 0 Å². The van der Waals surface area contributed by atoms with E-state index in [1.807, 2.05) is 60.8 Å². The van der Waals surface area contributed by atoms with Gasteiger partial charge in [0.15, 0.2) is 6.10 Å². The summed E-state index contributed by atoms with van der Waals surface area (Å²) in [6, 6.07) is 0. The van der Waals surface area contributed by atoms with Crippen LogP contribution in [0.25, 0.3) is 0 Å². The second kappa shape index (κ2) is 47.5. The zero-order valence-electron chi connectivity index (χ0n) is 38.5. The monoisotopic (exact) mass is 823 g/mol. The van der Waals surface area contributed by atoms with Crippen LogP contribution in [0.15, 0.2) is 72.9 Å². The first-order valence-corrected chi connectivity index (χ1v) is 24.5. The number of unbranched alkanes of at least 4 members (excludes halogenated alkanes) is 25. The van der Waals surface area contributed by atoms with E-state index in [9.17, 15) is 14.4 Å². The van der Waals surface area contributed by atoms with Gasteiger partial charge in [-0.05, 0) is 38.5 Å². The third kappa shape index (κ3) is 45.8. The SMILES string of the molecule is CC\C=C/C=C\C=C/C=C\C=C\C=C/CCCCCC(=O)OCC(COC(=O)CCCCCCCCCCC)OC(=O)CCCCCCCCCCCCCCCCC. The Bertz CT molecular complexity index is 1130. The molecule has 0 aliphatic rings. The number of rotatable bonds is 43. The van der Waals surface area contributed by atoms with E-state index < -0.39 is 6.10 Å². The van der Waals surface area contributed by atoms with Gasteiger partial charge in [0.05, 0.1) is 0 Å². The number of allylic oxidation sites excluding steroid dienone is 12. The summed E-state index contributed by atoms with van der Waals surface area (Å²) < 4.78 is 16.7. The Balaban J connectivity index is 4.43. The predicted molar refractivity (Wildman–Crippen MR) is 251 cm³/mol. The van der Waals surface area contributed by atoms with E-state index in [-0.39, 0.29) is 31.1 Å². The summed E-state index contributed by atoms with van der Waals surface area (Å²) in [7, 11) is 0. The van der Waals surface area contributed by atoms with E-state index in [4.69, 9.17) is 14.2 Å². The van der Waals surface area contributed by atoms with Gasteiger partial charge < -0.3 is 14.2 Å². The first-order chi connectivity index (χ1) is 29.0. The van der Waals surface area contributed by atoms with Crippen molar-refractivity contribution in [2.75, 3.05) is 13.2 Å². The highest BCUT2D eigenvalue weighted by Gasteiger charge is 2.19. The molecule has 59 heavy (non-hydrogen) atoms. The molecular formula is C53H90O6. The highest BCUT2D eigenvalue weighted by Crippen LogP contribution is 2.15. The quantitative estimate of drug-likeness (QED) is 0.0264. The maximum atomic E-state index is 12.8. The highest BCUT2D eigenvalue weighted by atomic mass is 16.6. The molecule has 0 aromatic heterocycles. The fourth-order valence-corrected chi connectivity index (χ4v) is 6.71. The van der Waals surface area contributed by atoms with Gasteiger partial charge in [-0.1, -0.05) is 241 Å². The molecule has 6 nitrogen and oxygen atoms in total. The van der Waals surface area contributed by atoms with E-state index in [2.05, 4.69) is 32.9 Å². The van der Waals surface area contributed by atoms with Crippen molar-refractivity contribution in [3.05, 3.63) is 72.9 Å². The summed E-state index contributed by atoms with van der Waals surface area (Å²) in [6.07, 6.45) is 58.8. The Kier molecular flexibility index (Phi) is 45.0. The van der Waals surface area contributed by atoms with Gasteiger partial charge in [0.25, 0.3) is 0 Å². The summed E-state index contributed by atoms with van der Waals surface area (Å²) in [4.78, 5) is 37.8. The zero-order valence-corrected chi connectivity index (χ0v) is 38.5. The fourth-order valence-electron chi connectivity index (χ4n) is 6.71. The lowest BCUT2D eigenvalue weighted by Crippen LogP contribution is -2.30. The number of hydrogen-bond acceptors (Lipinski definition) is 6. The Morgan fingerprint density at radius 3 is 1.03 bits per heavy atom. The maximum Gasteiger partial charge on any atom is 0.306 e. The molecule has 0 bridgehead atoms. The second-order valence-corrected chi connectivity index (χ2v) is 16.2. The topological polar surface area (TPSA) is 78.9 Å². The third-order valence-electron chi connectivity index (χ3n) is 10.4. The van der Waals surface area contributed by atoms with Crippen LogP contribution in [0.1, 0.15) is 226 Å². The van der Waals surface area contributed by atoms with Gasteiger partial charge in [0, 0.05) is 19.3 Å². The molecule has 0 saturated heterocycles. The van der Waals surface area contributed by atoms with Crippen molar-refractivity contribution < 1.29 is 28.6 Å². The van der Waals surface area contributed by atoms with Crippen molar-refractivity contribution in [3.63, 3.8) is 0 Å². The molecule has 1 unspecified atom stereocenters. The minimum Gasteiger partial charge on any atom is -0.462 e. The second-order valence-electron chi connectivity index (χ2n) is 16.2. The number of hydrogen-bond donors (Lipinski definition) is 0. The van der Waals surface area contributed by atoms with Crippen molar-refractivity contribution in [3.8, 4) is 0 Å². The molecule has 1 atom stereocenters. The Morgan fingerprint density at radius 1 is 0.356 bits per heavy atom. The lowest BCUT2D eigenvalue weighted by molar-refractivity contribution is -0.167. The van der Waals surface area contributed by atoms with Crippen molar-refractivity contribution in [2.24, 2.45) is 0 Å². The zero-order chi connectivity index (χ0) is 43.0. The average molecular weight is 823 g/mol. The van der Waals surface area contributed by atoms with E-state index in [1.165, 1.54) is 116 Å². The minimum absolute atomic E-state index is 0.0876. The average Bonchev–Trinajstić information content (AvgIpc) is 3.23. The summed E-state index contributed by atoms with van der Waals surface area (Å²) in [5, 5.41) is 0. The molecule has 0 N–H and O–H groups in total. The van der Waals surface area contributed by atoms with Crippen molar-refractivity contribution in [2.45, 2.75) is 232 Å². The summed E-state index contributed by atoms with van der Waals surface area (Å²) in [5.74, 6) is -0.934. The lowest BCUT2D eigenvalue weighted by Gasteiger charge is -2.18. The lowest BCUT2D eigenvalue weighted by atomic mass is 10.0. The number of carbonyl (C=O) groups excluding carboxylic acids is 3. The smallest absolute Gasteiger partial charge is 0.306 e. The largest absolute Gasteiger partial charge is 0.462 e. The first kappa shape index (κ1) is 55.9. The van der Waals surface area contributed by atoms with E-state index in [1.54, 1.807) is 0 Å². The van der Waals surface area contributed by atoms with Crippen molar-refractivity contribution in [1.82, 2.24) is 0 Å². The molecule has 0 rings (SSSR count). The fraction of sp³-hybridized carbons (Fsp3) is 0.717. The van der Waals surface area contributed by atoms with E-state index in [0.717, 1.165) is 70.6 Å². The van der Waals surface area contributed by atoms with Crippen LogP contribution in [-0.2, 0) is 28.6 Å². The molecule has 6 heteroatoms. The van der Waals surface area contributed by atoms with Crippen LogP contribution in [0.2, 0.25) is 0 Å². The number of ether oxygens (including phenoxy) is 3. The van der Waals surface area contributed by atoms with E-state index >= 15 is 0 Å². The molecular weight excluding hydrogens is 733 g/mol. The maximum absolute atomic E-state index is 12.8. The van der Waals surface area contributed by atoms with Gasteiger partial charge in [0.1, 0.15) is 13.2 Å². The molecule has 0 aliphatic heterocycles. The van der Waals surface area contributed by atoms with Crippen molar-refractivity contribution in [1.29, 1.82) is 0 Å². The molecule has 0 radical (unpaired) electrons.